The van der Waals surface area contributed by atoms with Crippen molar-refractivity contribution >= 4 is 44.9 Å². The third kappa shape index (κ3) is 3.84. The number of benzene rings is 4. The van der Waals surface area contributed by atoms with Crippen LogP contribution in [-0.2, 0) is 16.2 Å². The molecule has 5 aromatic rings. The van der Waals surface area contributed by atoms with Crippen LogP contribution in [0.15, 0.2) is 78.9 Å². The Hall–Kier alpha value is -3.26. The summed E-state index contributed by atoms with van der Waals surface area (Å²) in [5, 5.41) is 2.74. The van der Waals surface area contributed by atoms with Gasteiger partial charge in [-0.1, -0.05) is 122 Å². The number of hydrogen-bond acceptors (Lipinski definition) is 0. The van der Waals surface area contributed by atoms with Crippen molar-refractivity contribution in [2.45, 2.75) is 78.6 Å². The van der Waals surface area contributed by atoms with Crippen LogP contribution in [0.5, 0.6) is 0 Å². The van der Waals surface area contributed by atoms with E-state index >= 15 is 0 Å². The maximum absolute atomic E-state index is 2.56. The summed E-state index contributed by atoms with van der Waals surface area (Å²) in [5.74, 6) is 0. The lowest BCUT2D eigenvalue weighted by atomic mass is 9.35. The second kappa shape index (κ2) is 8.12. The van der Waals surface area contributed by atoms with Crippen molar-refractivity contribution in [1.29, 1.82) is 0 Å². The lowest BCUT2D eigenvalue weighted by Crippen LogP contribution is -2.56. The van der Waals surface area contributed by atoms with Crippen molar-refractivity contribution in [2.75, 3.05) is 0 Å². The van der Waals surface area contributed by atoms with Crippen molar-refractivity contribution in [2.24, 2.45) is 0 Å². The van der Waals surface area contributed by atoms with Gasteiger partial charge in [-0.3, -0.25) is 0 Å². The summed E-state index contributed by atoms with van der Waals surface area (Å²) in [6.07, 6.45) is 0. The molecule has 2 heteroatoms. The van der Waals surface area contributed by atoms with E-state index in [0.29, 0.717) is 0 Å². The van der Waals surface area contributed by atoms with Gasteiger partial charge in [-0.2, -0.15) is 0 Å². The van der Waals surface area contributed by atoms with Crippen LogP contribution in [0, 0.1) is 0 Å². The monoisotopic (exact) mass is 497 g/mol. The van der Waals surface area contributed by atoms with Gasteiger partial charge in [0.05, 0.1) is 5.52 Å². The minimum absolute atomic E-state index is 0.0511. The Labute approximate surface area is 229 Å². The third-order valence-corrected chi connectivity index (χ3v) is 8.51. The fraction of sp³-hybridized carbons (Fsp3) is 0.333. The van der Waals surface area contributed by atoms with Crippen molar-refractivity contribution < 1.29 is 0 Å². The second-order valence-electron chi connectivity index (χ2n) is 14.4. The Kier molecular flexibility index (Phi) is 5.35. The number of fused-ring (bicyclic) bond motifs is 5. The van der Waals surface area contributed by atoms with Crippen LogP contribution in [0.4, 0.5) is 0 Å². The highest BCUT2D eigenvalue weighted by Gasteiger charge is 2.36. The lowest BCUT2D eigenvalue weighted by molar-refractivity contribution is 0.590. The first-order valence-electron chi connectivity index (χ1n) is 14.1. The van der Waals surface area contributed by atoms with Gasteiger partial charge < -0.3 is 4.57 Å². The summed E-state index contributed by atoms with van der Waals surface area (Å²) in [6.45, 7) is 21.1. The zero-order valence-corrected chi connectivity index (χ0v) is 24.5. The van der Waals surface area contributed by atoms with Gasteiger partial charge in [0, 0.05) is 22.0 Å². The largest absolute Gasteiger partial charge is 0.310 e. The maximum atomic E-state index is 2.56. The molecule has 1 nitrogen and oxygen atoms in total. The van der Waals surface area contributed by atoms with Crippen LogP contribution in [0.25, 0.3) is 27.5 Å². The summed E-state index contributed by atoms with van der Waals surface area (Å²) in [7, 11) is 0. The van der Waals surface area contributed by atoms with E-state index in [-0.39, 0.29) is 23.0 Å². The predicted molar refractivity (Wildman–Crippen MR) is 168 cm³/mol. The van der Waals surface area contributed by atoms with Crippen LogP contribution in [-0.4, -0.2) is 11.3 Å². The lowest BCUT2D eigenvalue weighted by Gasteiger charge is -2.31. The summed E-state index contributed by atoms with van der Waals surface area (Å²) in [4.78, 5) is 0. The van der Waals surface area contributed by atoms with Gasteiger partial charge in [0.15, 0.2) is 0 Å². The molecule has 0 saturated heterocycles. The summed E-state index contributed by atoms with van der Waals surface area (Å²) < 4.78 is 2.56. The molecule has 0 spiro atoms. The molecule has 38 heavy (non-hydrogen) atoms. The molecular formula is C36H40BN. The molecule has 0 radical (unpaired) electrons. The van der Waals surface area contributed by atoms with E-state index in [4.69, 9.17) is 0 Å². The minimum atomic E-state index is 0.0511. The van der Waals surface area contributed by atoms with Crippen LogP contribution in [0.3, 0.4) is 0 Å². The quantitative estimate of drug-likeness (QED) is 0.207. The van der Waals surface area contributed by atoms with Gasteiger partial charge in [-0.05, 0) is 68.1 Å². The number of aromatic nitrogens is 1. The molecule has 0 unspecified atom stereocenters. The first-order chi connectivity index (χ1) is 17.7. The number of rotatable bonds is 1. The highest BCUT2D eigenvalue weighted by molar-refractivity contribution is 6.98. The van der Waals surface area contributed by atoms with Gasteiger partial charge in [-0.15, -0.1) is 0 Å². The summed E-state index contributed by atoms with van der Waals surface area (Å²) >= 11 is 0. The molecule has 0 N–H and O–H groups in total. The molecule has 0 aliphatic carbocycles. The molecule has 6 rings (SSSR count). The van der Waals surface area contributed by atoms with E-state index in [1.165, 1.54) is 60.6 Å². The fourth-order valence-corrected chi connectivity index (χ4v) is 6.18. The molecule has 192 valence electrons. The van der Waals surface area contributed by atoms with Crippen molar-refractivity contribution in [3.05, 3.63) is 95.6 Å². The van der Waals surface area contributed by atoms with E-state index in [1.54, 1.807) is 0 Å². The topological polar surface area (TPSA) is 4.93 Å². The molecular weight excluding hydrogens is 457 g/mol. The normalized spacial score (nSPS) is 13.9. The molecule has 4 aromatic carbocycles. The zero-order valence-electron chi connectivity index (χ0n) is 24.5. The fourth-order valence-electron chi connectivity index (χ4n) is 6.18. The highest BCUT2D eigenvalue weighted by Crippen LogP contribution is 2.38. The standard InChI is InChI=1S/C36H40BN/c1-34(2,3)23-15-17-31-27(19-23)28-20-25(36(7,8)9)22-30-33(28)38(31)32-18-16-24(35(4,5)6)21-29(32)37(30)26-13-11-10-12-14-26/h10-22H,1-9H3. The average molecular weight is 498 g/mol. The van der Waals surface area contributed by atoms with Crippen LogP contribution < -0.4 is 16.4 Å². The molecule has 0 fully saturated rings. The first kappa shape index (κ1) is 25.0. The molecule has 1 aromatic heterocycles. The van der Waals surface area contributed by atoms with Crippen molar-refractivity contribution in [3.8, 4) is 5.69 Å². The van der Waals surface area contributed by atoms with Gasteiger partial charge in [0.1, 0.15) is 0 Å². The molecule has 2 heterocycles. The van der Waals surface area contributed by atoms with Crippen LogP contribution in [0.2, 0.25) is 0 Å². The highest BCUT2D eigenvalue weighted by atomic mass is 15.0. The van der Waals surface area contributed by atoms with E-state index in [1.807, 2.05) is 0 Å². The molecule has 0 saturated carbocycles. The molecule has 1 aliphatic rings. The molecule has 0 amide bonds. The van der Waals surface area contributed by atoms with Crippen LogP contribution in [0.1, 0.15) is 79.0 Å². The number of nitrogens with zero attached hydrogens (tertiary/aromatic N) is 1. The van der Waals surface area contributed by atoms with Gasteiger partial charge in [0.25, 0.3) is 0 Å². The SMILES string of the molecule is CC(C)(C)c1ccc2c(c1)B(c1ccccc1)c1cc(C(C)(C)C)cc3c4cc(C(C)(C)C)ccc4n-2c13. The third-order valence-electron chi connectivity index (χ3n) is 8.51. The Morgan fingerprint density at radius 2 is 1.08 bits per heavy atom. The summed E-state index contributed by atoms with van der Waals surface area (Å²) in [6, 6.07) is 30.5. The van der Waals surface area contributed by atoms with E-state index in [0.717, 1.165) is 0 Å². The van der Waals surface area contributed by atoms with Gasteiger partial charge in [-0.25, -0.2) is 0 Å². The van der Waals surface area contributed by atoms with E-state index in [9.17, 15) is 0 Å². The van der Waals surface area contributed by atoms with Crippen LogP contribution >= 0.6 is 0 Å². The Morgan fingerprint density at radius 3 is 1.71 bits per heavy atom. The van der Waals surface area contributed by atoms with Gasteiger partial charge in [0.2, 0.25) is 6.71 Å². The van der Waals surface area contributed by atoms with E-state index < -0.39 is 0 Å². The molecule has 0 atom stereocenters. The predicted octanol–water partition coefficient (Wildman–Crippen LogP) is 7.51. The Bertz CT molecular complexity index is 1700. The molecule has 0 bridgehead atoms. The van der Waals surface area contributed by atoms with Crippen molar-refractivity contribution in [1.82, 2.24) is 4.57 Å². The second-order valence-corrected chi connectivity index (χ2v) is 14.4. The Balaban J connectivity index is 1.82. The Morgan fingerprint density at radius 1 is 0.526 bits per heavy atom. The smallest absolute Gasteiger partial charge is 0.246 e. The molecule has 1 aliphatic heterocycles. The van der Waals surface area contributed by atoms with E-state index in [2.05, 4.69) is 146 Å². The summed E-state index contributed by atoms with van der Waals surface area (Å²) in [5.41, 5.74) is 12.6. The first-order valence-corrected chi connectivity index (χ1v) is 14.1. The zero-order chi connectivity index (χ0) is 27.2. The maximum Gasteiger partial charge on any atom is 0.246 e. The minimum Gasteiger partial charge on any atom is -0.310 e. The average Bonchev–Trinajstić information content (AvgIpc) is 3.17. The van der Waals surface area contributed by atoms with Gasteiger partial charge >= 0.3 is 0 Å². The van der Waals surface area contributed by atoms with Crippen molar-refractivity contribution in [3.63, 3.8) is 0 Å². The number of hydrogen-bond donors (Lipinski definition) is 0.